The zero-order chi connectivity index (χ0) is 12.3. The van der Waals surface area contributed by atoms with E-state index in [0.717, 1.165) is 12.8 Å². The predicted octanol–water partition coefficient (Wildman–Crippen LogP) is 2.21. The lowest BCUT2D eigenvalue weighted by Gasteiger charge is -2.26. The van der Waals surface area contributed by atoms with Crippen molar-refractivity contribution in [2.75, 3.05) is 6.54 Å². The monoisotopic (exact) mass is 233 g/mol. The summed E-state index contributed by atoms with van der Waals surface area (Å²) in [5, 5.41) is 10.4. The van der Waals surface area contributed by atoms with Gasteiger partial charge < -0.3 is 10.8 Å². The maximum absolute atomic E-state index is 10.4. The van der Waals surface area contributed by atoms with Gasteiger partial charge in [-0.05, 0) is 42.4 Å². The predicted molar refractivity (Wildman–Crippen MR) is 71.1 cm³/mol. The highest BCUT2D eigenvalue weighted by molar-refractivity contribution is 5.35. The summed E-state index contributed by atoms with van der Waals surface area (Å²) in [7, 11) is 0. The van der Waals surface area contributed by atoms with Crippen LogP contribution >= 0.6 is 0 Å². The minimum absolute atomic E-state index is 0.345. The molecule has 1 aromatic carbocycles. The molecule has 0 heterocycles. The molecule has 0 fully saturated rings. The number of fused-ring (bicyclic) bond motifs is 1. The van der Waals surface area contributed by atoms with Crippen LogP contribution < -0.4 is 5.73 Å². The summed E-state index contributed by atoms with van der Waals surface area (Å²) in [4.78, 5) is 0. The highest BCUT2D eigenvalue weighted by Crippen LogP contribution is 2.25. The third kappa shape index (κ3) is 2.88. The summed E-state index contributed by atoms with van der Waals surface area (Å²) in [5.41, 5.74) is 9.17. The van der Waals surface area contributed by atoms with E-state index in [1.54, 1.807) is 0 Å². The van der Waals surface area contributed by atoms with Crippen LogP contribution in [0.1, 0.15) is 42.9 Å². The molecule has 0 radical (unpaired) electrons. The molecule has 0 aliphatic heterocycles. The Kier molecular flexibility index (Phi) is 3.85. The van der Waals surface area contributed by atoms with Gasteiger partial charge in [0.1, 0.15) is 0 Å². The van der Waals surface area contributed by atoms with Crippen LogP contribution in [0, 0.1) is 0 Å². The number of hydrogen-bond donors (Lipinski definition) is 2. The number of aliphatic hydroxyl groups is 1. The Balaban J connectivity index is 2.12. The molecule has 0 saturated carbocycles. The van der Waals surface area contributed by atoms with E-state index in [2.05, 4.69) is 25.1 Å². The maximum Gasteiger partial charge on any atom is 0.0809 e. The van der Waals surface area contributed by atoms with Crippen LogP contribution in [0.3, 0.4) is 0 Å². The number of benzene rings is 1. The average Bonchev–Trinajstić information content (AvgIpc) is 2.76. The fraction of sp³-hybridized carbons (Fsp3) is 0.600. The smallest absolute Gasteiger partial charge is 0.0809 e. The molecule has 0 bridgehead atoms. The lowest BCUT2D eigenvalue weighted by Crippen LogP contribution is -2.39. The molecular formula is C15H23NO. The van der Waals surface area contributed by atoms with Crippen LogP contribution in [0.25, 0.3) is 0 Å². The van der Waals surface area contributed by atoms with E-state index in [1.807, 2.05) is 0 Å². The number of nitrogens with two attached hydrogens (primary N) is 1. The van der Waals surface area contributed by atoms with Crippen LogP contribution in [-0.2, 0) is 19.3 Å². The molecule has 0 amide bonds. The van der Waals surface area contributed by atoms with Gasteiger partial charge in [0.05, 0.1) is 5.60 Å². The highest BCUT2D eigenvalue weighted by atomic mass is 16.3. The molecule has 1 unspecified atom stereocenters. The molecule has 1 aliphatic rings. The first-order valence-corrected chi connectivity index (χ1v) is 6.70. The number of hydrogen-bond acceptors (Lipinski definition) is 2. The zero-order valence-electron chi connectivity index (χ0n) is 10.7. The van der Waals surface area contributed by atoms with Crippen molar-refractivity contribution in [2.45, 2.75) is 51.0 Å². The van der Waals surface area contributed by atoms with Gasteiger partial charge in [-0.2, -0.15) is 0 Å². The molecule has 1 atom stereocenters. The van der Waals surface area contributed by atoms with E-state index in [0.29, 0.717) is 13.0 Å². The Morgan fingerprint density at radius 1 is 1.29 bits per heavy atom. The van der Waals surface area contributed by atoms with Gasteiger partial charge in [-0.3, -0.25) is 0 Å². The topological polar surface area (TPSA) is 46.2 Å². The lowest BCUT2D eigenvalue weighted by molar-refractivity contribution is 0.0399. The summed E-state index contributed by atoms with van der Waals surface area (Å²) in [6.45, 7) is 2.43. The highest BCUT2D eigenvalue weighted by Gasteiger charge is 2.25. The van der Waals surface area contributed by atoms with Crippen molar-refractivity contribution in [3.05, 3.63) is 34.9 Å². The second-order valence-corrected chi connectivity index (χ2v) is 5.31. The quantitative estimate of drug-likeness (QED) is 0.819. The maximum atomic E-state index is 10.4. The molecule has 0 aromatic heterocycles. The molecule has 94 valence electrons. The third-order valence-corrected chi connectivity index (χ3v) is 3.79. The average molecular weight is 233 g/mol. The lowest BCUT2D eigenvalue weighted by atomic mass is 9.89. The summed E-state index contributed by atoms with van der Waals surface area (Å²) < 4.78 is 0. The summed E-state index contributed by atoms with van der Waals surface area (Å²) in [5.74, 6) is 0. The SMILES string of the molecule is CCCC(O)(CN)Cc1ccc2c(c1)CCC2. The van der Waals surface area contributed by atoms with Crippen LogP contribution in [0.4, 0.5) is 0 Å². The van der Waals surface area contributed by atoms with E-state index < -0.39 is 5.60 Å². The van der Waals surface area contributed by atoms with E-state index in [4.69, 9.17) is 5.73 Å². The molecule has 2 heteroatoms. The minimum Gasteiger partial charge on any atom is -0.388 e. The molecule has 0 spiro atoms. The van der Waals surface area contributed by atoms with Crippen molar-refractivity contribution < 1.29 is 5.11 Å². The molecular weight excluding hydrogens is 210 g/mol. The van der Waals surface area contributed by atoms with E-state index in [1.165, 1.54) is 36.0 Å². The summed E-state index contributed by atoms with van der Waals surface area (Å²) >= 11 is 0. The summed E-state index contributed by atoms with van der Waals surface area (Å²) in [6, 6.07) is 6.64. The molecule has 2 nitrogen and oxygen atoms in total. The first-order valence-electron chi connectivity index (χ1n) is 6.70. The Hall–Kier alpha value is -0.860. The van der Waals surface area contributed by atoms with Crippen molar-refractivity contribution in [1.82, 2.24) is 0 Å². The zero-order valence-corrected chi connectivity index (χ0v) is 10.7. The third-order valence-electron chi connectivity index (χ3n) is 3.79. The Labute approximate surface area is 104 Å². The van der Waals surface area contributed by atoms with Gasteiger partial charge in [-0.1, -0.05) is 31.5 Å². The first kappa shape index (κ1) is 12.6. The van der Waals surface area contributed by atoms with Crippen molar-refractivity contribution in [2.24, 2.45) is 5.73 Å². The van der Waals surface area contributed by atoms with Gasteiger partial charge in [-0.15, -0.1) is 0 Å². The number of aryl methyl sites for hydroxylation is 2. The Bertz CT molecular complexity index is 389. The second kappa shape index (κ2) is 5.19. The van der Waals surface area contributed by atoms with Gasteiger partial charge in [0, 0.05) is 13.0 Å². The van der Waals surface area contributed by atoms with Gasteiger partial charge in [-0.25, -0.2) is 0 Å². The van der Waals surface area contributed by atoms with Crippen LogP contribution in [-0.4, -0.2) is 17.3 Å². The standard InChI is InChI=1S/C15H23NO/c1-2-8-15(17,11-16)10-12-6-7-13-4-3-5-14(13)9-12/h6-7,9,17H,2-5,8,10-11,16H2,1H3. The van der Waals surface area contributed by atoms with E-state index in [9.17, 15) is 5.11 Å². The summed E-state index contributed by atoms with van der Waals surface area (Å²) in [6.07, 6.45) is 6.11. The first-order chi connectivity index (χ1) is 8.17. The fourth-order valence-electron chi connectivity index (χ4n) is 2.84. The Morgan fingerprint density at radius 2 is 2.06 bits per heavy atom. The fourth-order valence-corrected chi connectivity index (χ4v) is 2.84. The molecule has 2 rings (SSSR count). The van der Waals surface area contributed by atoms with Gasteiger partial charge >= 0.3 is 0 Å². The Morgan fingerprint density at radius 3 is 2.76 bits per heavy atom. The molecule has 3 N–H and O–H groups in total. The van der Waals surface area contributed by atoms with Crippen molar-refractivity contribution in [3.63, 3.8) is 0 Å². The largest absolute Gasteiger partial charge is 0.388 e. The normalized spacial score (nSPS) is 17.8. The van der Waals surface area contributed by atoms with Crippen LogP contribution in [0.5, 0.6) is 0 Å². The molecule has 1 aliphatic carbocycles. The van der Waals surface area contributed by atoms with Crippen LogP contribution in [0.2, 0.25) is 0 Å². The van der Waals surface area contributed by atoms with E-state index in [-0.39, 0.29) is 0 Å². The van der Waals surface area contributed by atoms with Crippen molar-refractivity contribution >= 4 is 0 Å². The van der Waals surface area contributed by atoms with Gasteiger partial charge in [0.15, 0.2) is 0 Å². The van der Waals surface area contributed by atoms with Crippen molar-refractivity contribution in [3.8, 4) is 0 Å². The molecule has 1 aromatic rings. The van der Waals surface area contributed by atoms with E-state index >= 15 is 0 Å². The second-order valence-electron chi connectivity index (χ2n) is 5.31. The minimum atomic E-state index is -0.721. The molecule has 17 heavy (non-hydrogen) atoms. The van der Waals surface area contributed by atoms with Gasteiger partial charge in [0.25, 0.3) is 0 Å². The van der Waals surface area contributed by atoms with Crippen LogP contribution in [0.15, 0.2) is 18.2 Å². The van der Waals surface area contributed by atoms with Crippen molar-refractivity contribution in [1.29, 1.82) is 0 Å². The van der Waals surface area contributed by atoms with Gasteiger partial charge in [0.2, 0.25) is 0 Å². The molecule has 0 saturated heterocycles. The number of rotatable bonds is 5.